The van der Waals surface area contributed by atoms with Gasteiger partial charge in [-0.05, 0) is 113 Å². The average molecular weight is 644 g/mol. The van der Waals surface area contributed by atoms with Gasteiger partial charge >= 0.3 is 0 Å². The van der Waals surface area contributed by atoms with Crippen molar-refractivity contribution in [1.29, 1.82) is 0 Å². The van der Waals surface area contributed by atoms with Crippen LogP contribution in [0.25, 0.3) is 28.9 Å². The van der Waals surface area contributed by atoms with Gasteiger partial charge in [-0.25, -0.2) is 0 Å². The quantitative estimate of drug-likeness (QED) is 0.166. The molecule has 0 radical (unpaired) electrons. The van der Waals surface area contributed by atoms with Gasteiger partial charge in [0.1, 0.15) is 0 Å². The van der Waals surface area contributed by atoms with Crippen molar-refractivity contribution < 1.29 is 4.74 Å². The molecule has 0 spiro atoms. The standard InChI is InChI=1S/C45H41NO3/c1-27(2)49-43-36(41(47)42(43)48)22-17-28-15-18-29(19-16-28)46(30-20-23-34-32-11-7-9-13-37(32)44(3,4)39(34)25-30)31-21-24-35-33-12-8-10-14-38(33)45(5,6)40(35)26-31/h7-25,27,40H,26H2,1-6H3/b22-17+. The molecular weight excluding hydrogens is 602 g/mol. The van der Waals surface area contributed by atoms with Crippen LogP contribution in [-0.2, 0) is 10.8 Å². The van der Waals surface area contributed by atoms with Crippen LogP contribution in [0.5, 0.6) is 5.75 Å². The molecule has 3 aliphatic carbocycles. The molecule has 49 heavy (non-hydrogen) atoms. The number of nitrogens with zero attached hydrogens (tertiary/aromatic N) is 1. The molecule has 0 aromatic heterocycles. The number of rotatable bonds is 7. The second kappa shape index (κ2) is 11.2. The molecular formula is C45H41NO3. The monoisotopic (exact) mass is 643 g/mol. The lowest BCUT2D eigenvalue weighted by molar-refractivity contribution is 0.236. The van der Waals surface area contributed by atoms with Gasteiger partial charge in [0.15, 0.2) is 5.75 Å². The van der Waals surface area contributed by atoms with Gasteiger partial charge in [-0.1, -0.05) is 107 Å². The number of fused-ring (bicyclic) bond motifs is 6. The van der Waals surface area contributed by atoms with E-state index in [0.29, 0.717) is 11.5 Å². The number of hydrogen-bond acceptors (Lipinski definition) is 4. The maximum Gasteiger partial charge on any atom is 0.268 e. The Hall–Kier alpha value is -5.22. The summed E-state index contributed by atoms with van der Waals surface area (Å²) in [5.41, 5.74) is 13.1. The van der Waals surface area contributed by atoms with E-state index < -0.39 is 10.9 Å². The zero-order chi connectivity index (χ0) is 34.2. The van der Waals surface area contributed by atoms with Gasteiger partial charge < -0.3 is 9.64 Å². The fourth-order valence-corrected chi connectivity index (χ4v) is 8.38. The van der Waals surface area contributed by atoms with Crippen LogP contribution in [0.2, 0.25) is 0 Å². The molecule has 0 aliphatic heterocycles. The zero-order valence-electron chi connectivity index (χ0n) is 29.0. The van der Waals surface area contributed by atoms with E-state index in [9.17, 15) is 9.59 Å². The van der Waals surface area contributed by atoms with Crippen LogP contribution in [0.4, 0.5) is 11.4 Å². The normalized spacial score (nSPS) is 18.1. The van der Waals surface area contributed by atoms with Crippen LogP contribution in [0.1, 0.15) is 81.3 Å². The number of ether oxygens (including phenoxy) is 1. The van der Waals surface area contributed by atoms with Crippen LogP contribution < -0.4 is 20.5 Å². The first-order chi connectivity index (χ1) is 23.5. The Balaban J connectivity index is 1.20. The molecule has 0 heterocycles. The summed E-state index contributed by atoms with van der Waals surface area (Å²) >= 11 is 0. The van der Waals surface area contributed by atoms with Crippen molar-refractivity contribution in [2.24, 2.45) is 5.92 Å². The van der Waals surface area contributed by atoms with E-state index in [1.165, 1.54) is 44.7 Å². The predicted octanol–water partition coefficient (Wildman–Crippen LogP) is 9.96. The fraction of sp³-hybridized carbons (Fsp3) is 0.244. The summed E-state index contributed by atoms with van der Waals surface area (Å²) in [4.78, 5) is 26.8. The van der Waals surface area contributed by atoms with Crippen LogP contribution in [0.3, 0.4) is 0 Å². The molecule has 1 atom stereocenters. The molecule has 4 nitrogen and oxygen atoms in total. The number of anilines is 2. The lowest BCUT2D eigenvalue weighted by atomic mass is 9.74. The van der Waals surface area contributed by atoms with E-state index in [1.54, 1.807) is 6.08 Å². The molecule has 4 heteroatoms. The second-order valence-electron chi connectivity index (χ2n) is 15.0. The Morgan fingerprint density at radius 3 is 2.10 bits per heavy atom. The molecule has 0 saturated carbocycles. The Morgan fingerprint density at radius 1 is 0.714 bits per heavy atom. The van der Waals surface area contributed by atoms with Gasteiger partial charge in [0.05, 0.1) is 11.7 Å². The van der Waals surface area contributed by atoms with E-state index in [-0.39, 0.29) is 22.7 Å². The first-order valence-electron chi connectivity index (χ1n) is 17.3. The second-order valence-corrected chi connectivity index (χ2v) is 15.0. The average Bonchev–Trinajstić information content (AvgIpc) is 3.47. The summed E-state index contributed by atoms with van der Waals surface area (Å²) < 4.78 is 5.61. The van der Waals surface area contributed by atoms with Gasteiger partial charge in [-0.3, -0.25) is 9.59 Å². The summed E-state index contributed by atoms with van der Waals surface area (Å²) in [6, 6.07) is 33.0. The van der Waals surface area contributed by atoms with Gasteiger partial charge in [0, 0.05) is 22.5 Å². The largest absolute Gasteiger partial charge is 0.486 e. The number of allylic oxidation sites excluding steroid dienone is 4. The maximum atomic E-state index is 12.3. The molecule has 0 fully saturated rings. The molecule has 3 aliphatic rings. The third-order valence-corrected chi connectivity index (χ3v) is 11.0. The highest BCUT2D eigenvalue weighted by molar-refractivity contribution is 5.86. The summed E-state index contributed by atoms with van der Waals surface area (Å²) in [6.45, 7) is 13.1. The minimum atomic E-state index is -0.550. The number of hydrogen-bond donors (Lipinski definition) is 0. The molecule has 0 N–H and O–H groups in total. The van der Waals surface area contributed by atoms with Gasteiger partial charge in [-0.2, -0.15) is 0 Å². The Labute approximate surface area is 288 Å². The first kappa shape index (κ1) is 31.1. The van der Waals surface area contributed by atoms with Crippen LogP contribution in [0.15, 0.2) is 118 Å². The van der Waals surface area contributed by atoms with E-state index in [2.05, 4.69) is 136 Å². The van der Waals surface area contributed by atoms with Gasteiger partial charge in [-0.15, -0.1) is 0 Å². The molecule has 5 aromatic rings. The first-order valence-corrected chi connectivity index (χ1v) is 17.3. The van der Waals surface area contributed by atoms with Crippen molar-refractivity contribution in [2.45, 2.75) is 64.9 Å². The topological polar surface area (TPSA) is 46.6 Å². The van der Waals surface area contributed by atoms with Crippen molar-refractivity contribution in [3.05, 3.63) is 163 Å². The van der Waals surface area contributed by atoms with E-state index >= 15 is 0 Å². The lowest BCUT2D eigenvalue weighted by Crippen LogP contribution is -2.36. The van der Waals surface area contributed by atoms with Crippen LogP contribution >= 0.6 is 0 Å². The highest BCUT2D eigenvalue weighted by Gasteiger charge is 2.44. The number of benzene rings is 4. The van der Waals surface area contributed by atoms with E-state index in [4.69, 9.17) is 4.74 Å². The summed E-state index contributed by atoms with van der Waals surface area (Å²) in [5, 5.41) is 0. The molecule has 1 unspecified atom stereocenters. The highest BCUT2D eigenvalue weighted by atomic mass is 16.5. The summed E-state index contributed by atoms with van der Waals surface area (Å²) in [7, 11) is 0. The van der Waals surface area contributed by atoms with Crippen molar-refractivity contribution in [3.63, 3.8) is 0 Å². The zero-order valence-corrected chi connectivity index (χ0v) is 29.0. The third-order valence-electron chi connectivity index (χ3n) is 11.0. The van der Waals surface area contributed by atoms with Crippen molar-refractivity contribution in [2.75, 3.05) is 4.90 Å². The van der Waals surface area contributed by atoms with Gasteiger partial charge in [0.25, 0.3) is 5.43 Å². The molecule has 0 amide bonds. The Bertz CT molecular complexity index is 2300. The Morgan fingerprint density at radius 2 is 1.37 bits per heavy atom. The summed E-state index contributed by atoms with van der Waals surface area (Å²) in [5.74, 6) is 0.525. The predicted molar refractivity (Wildman–Crippen MR) is 202 cm³/mol. The molecule has 0 bridgehead atoms. The SMILES string of the molecule is CC(C)Oc1c(/C=C/c2ccc(N(C3=CC=C4c5ccccc5C(C)(C)C4C3)c3ccc4c(c3)C(C)(C)c3ccccc3-4)cc2)c(=O)c1=O. The minimum absolute atomic E-state index is 0.0109. The lowest BCUT2D eigenvalue weighted by Gasteiger charge is -2.36. The minimum Gasteiger partial charge on any atom is -0.486 e. The third kappa shape index (κ3) is 4.80. The van der Waals surface area contributed by atoms with E-state index in [0.717, 1.165) is 23.4 Å². The van der Waals surface area contributed by atoms with Crippen LogP contribution in [-0.4, -0.2) is 6.10 Å². The van der Waals surface area contributed by atoms with Crippen molar-refractivity contribution >= 4 is 29.1 Å². The molecule has 5 aromatic carbocycles. The molecule has 0 saturated heterocycles. The van der Waals surface area contributed by atoms with Gasteiger partial charge in [0.2, 0.25) is 5.43 Å². The van der Waals surface area contributed by atoms with E-state index in [1.807, 2.05) is 19.9 Å². The summed E-state index contributed by atoms with van der Waals surface area (Å²) in [6.07, 6.45) is 8.97. The fourth-order valence-electron chi connectivity index (χ4n) is 8.38. The smallest absolute Gasteiger partial charge is 0.268 e. The Kier molecular flexibility index (Phi) is 7.08. The molecule has 244 valence electrons. The van der Waals surface area contributed by atoms with Crippen molar-refractivity contribution in [3.8, 4) is 16.9 Å². The maximum absolute atomic E-state index is 12.3. The highest BCUT2D eigenvalue weighted by Crippen LogP contribution is 2.55. The van der Waals surface area contributed by atoms with Crippen LogP contribution in [0, 0.1) is 5.92 Å². The van der Waals surface area contributed by atoms with Crippen molar-refractivity contribution in [1.82, 2.24) is 0 Å². The molecule has 8 rings (SSSR count).